The molecule has 0 saturated heterocycles. The molecule has 0 aromatic rings. The van der Waals surface area contributed by atoms with Crippen LogP contribution in [0.5, 0.6) is 0 Å². The minimum atomic E-state index is -0.558. The normalized spacial score (nSPS) is 12.7. The molecule has 0 aliphatic heterocycles. The van der Waals surface area contributed by atoms with E-state index in [1.54, 1.807) is 6.92 Å². The lowest BCUT2D eigenvalue weighted by atomic mass is 10.3. The van der Waals surface area contributed by atoms with Crippen LogP contribution in [0, 0.1) is 0 Å². The molecule has 72 valence electrons. The third kappa shape index (κ3) is 3.60. The van der Waals surface area contributed by atoms with Gasteiger partial charge in [0, 0.05) is 13.1 Å². The summed E-state index contributed by atoms with van der Waals surface area (Å²) in [4.78, 5) is 1.98. The highest BCUT2D eigenvalue weighted by Crippen LogP contribution is 2.08. The maximum atomic E-state index is 12.6. The second-order valence-electron chi connectivity index (χ2n) is 2.92. The van der Waals surface area contributed by atoms with Gasteiger partial charge in [0.05, 0.1) is 5.70 Å². The minimum absolute atomic E-state index is 0.558. The Balaban J connectivity index is 4.19. The minimum Gasteiger partial charge on any atom is -0.374 e. The predicted octanol–water partition coefficient (Wildman–Crippen LogP) is 2.23. The summed E-state index contributed by atoms with van der Waals surface area (Å²) in [6.07, 6.45) is 2.04. The van der Waals surface area contributed by atoms with Crippen LogP contribution in [-0.4, -0.2) is 18.0 Å². The van der Waals surface area contributed by atoms with E-state index < -0.39 is 5.95 Å². The molecule has 2 N–H and O–H groups in total. The van der Waals surface area contributed by atoms with Crippen LogP contribution in [-0.2, 0) is 0 Å². The van der Waals surface area contributed by atoms with E-state index in [1.807, 2.05) is 4.90 Å². The smallest absolute Gasteiger partial charge is 0.203 e. The van der Waals surface area contributed by atoms with Crippen LogP contribution in [0.4, 0.5) is 4.39 Å². The number of halogens is 1. The standard InChI is InChI=1S/C9H19FN2/c1-4-6-12(7-5-2)8(3)9(10)11/h4-7,11H2,1-3H3/b9-8-. The van der Waals surface area contributed by atoms with Crippen molar-refractivity contribution >= 4 is 0 Å². The Labute approximate surface area is 74.2 Å². The van der Waals surface area contributed by atoms with Gasteiger partial charge in [-0.15, -0.1) is 0 Å². The highest BCUT2D eigenvalue weighted by atomic mass is 19.1. The van der Waals surface area contributed by atoms with Gasteiger partial charge < -0.3 is 10.6 Å². The molecule has 0 heterocycles. The number of hydrogen-bond acceptors (Lipinski definition) is 2. The number of allylic oxidation sites excluding steroid dienone is 1. The van der Waals surface area contributed by atoms with Crippen molar-refractivity contribution in [2.45, 2.75) is 33.6 Å². The maximum Gasteiger partial charge on any atom is 0.203 e. The molecule has 0 fully saturated rings. The van der Waals surface area contributed by atoms with Crippen molar-refractivity contribution in [3.63, 3.8) is 0 Å². The summed E-state index contributed by atoms with van der Waals surface area (Å²) in [5, 5.41) is 0. The second-order valence-corrected chi connectivity index (χ2v) is 2.92. The summed E-state index contributed by atoms with van der Waals surface area (Å²) in [5.74, 6) is -0.558. The lowest BCUT2D eigenvalue weighted by Crippen LogP contribution is -2.25. The van der Waals surface area contributed by atoms with Crippen molar-refractivity contribution in [1.82, 2.24) is 4.90 Å². The van der Waals surface area contributed by atoms with Gasteiger partial charge >= 0.3 is 0 Å². The van der Waals surface area contributed by atoms with Crippen molar-refractivity contribution in [3.05, 3.63) is 11.6 Å². The summed E-state index contributed by atoms with van der Waals surface area (Å²) >= 11 is 0. The quantitative estimate of drug-likeness (QED) is 0.647. The van der Waals surface area contributed by atoms with Crippen LogP contribution in [0.25, 0.3) is 0 Å². The van der Waals surface area contributed by atoms with Gasteiger partial charge in [-0.05, 0) is 19.8 Å². The van der Waals surface area contributed by atoms with E-state index in [2.05, 4.69) is 13.8 Å². The number of hydrogen-bond donors (Lipinski definition) is 1. The molecule has 0 radical (unpaired) electrons. The molecule has 0 aromatic carbocycles. The highest BCUT2D eigenvalue weighted by molar-refractivity contribution is 5.00. The summed E-state index contributed by atoms with van der Waals surface area (Å²) < 4.78 is 12.6. The summed E-state index contributed by atoms with van der Waals surface area (Å²) in [5.41, 5.74) is 5.64. The Morgan fingerprint density at radius 3 is 1.92 bits per heavy atom. The van der Waals surface area contributed by atoms with Gasteiger partial charge in [-0.25, -0.2) is 0 Å². The van der Waals surface area contributed by atoms with Crippen molar-refractivity contribution in [2.75, 3.05) is 13.1 Å². The third-order valence-electron chi connectivity index (χ3n) is 1.81. The van der Waals surface area contributed by atoms with E-state index >= 15 is 0 Å². The second kappa shape index (κ2) is 5.86. The first-order valence-electron chi connectivity index (χ1n) is 4.50. The Hall–Kier alpha value is -0.730. The van der Waals surface area contributed by atoms with Crippen LogP contribution in [0.3, 0.4) is 0 Å². The molecule has 12 heavy (non-hydrogen) atoms. The molecule has 3 heteroatoms. The van der Waals surface area contributed by atoms with Crippen LogP contribution in [0.2, 0.25) is 0 Å². The Morgan fingerprint density at radius 2 is 1.67 bits per heavy atom. The topological polar surface area (TPSA) is 29.3 Å². The van der Waals surface area contributed by atoms with E-state index in [0.717, 1.165) is 25.9 Å². The van der Waals surface area contributed by atoms with Crippen molar-refractivity contribution in [1.29, 1.82) is 0 Å². The molecule has 0 amide bonds. The average molecular weight is 174 g/mol. The molecule has 0 unspecified atom stereocenters. The van der Waals surface area contributed by atoms with Gasteiger partial charge in [-0.2, -0.15) is 4.39 Å². The maximum absolute atomic E-state index is 12.6. The fourth-order valence-corrected chi connectivity index (χ4v) is 1.14. The molecule has 0 atom stereocenters. The van der Waals surface area contributed by atoms with Gasteiger partial charge in [0.15, 0.2) is 0 Å². The number of nitrogens with two attached hydrogens (primary N) is 1. The van der Waals surface area contributed by atoms with Crippen molar-refractivity contribution in [2.24, 2.45) is 5.73 Å². The van der Waals surface area contributed by atoms with Crippen LogP contribution < -0.4 is 5.73 Å². The van der Waals surface area contributed by atoms with E-state index in [0.29, 0.717) is 5.70 Å². The largest absolute Gasteiger partial charge is 0.374 e. The lowest BCUT2D eigenvalue weighted by molar-refractivity contribution is 0.330. The van der Waals surface area contributed by atoms with E-state index in [-0.39, 0.29) is 0 Å². The number of nitrogens with zero attached hydrogens (tertiary/aromatic N) is 1. The van der Waals surface area contributed by atoms with Crippen LogP contribution in [0.15, 0.2) is 11.6 Å². The van der Waals surface area contributed by atoms with Gasteiger partial charge in [-0.1, -0.05) is 13.8 Å². The Kier molecular flexibility index (Phi) is 5.51. The van der Waals surface area contributed by atoms with E-state index in [1.165, 1.54) is 0 Å². The van der Waals surface area contributed by atoms with E-state index in [9.17, 15) is 4.39 Å². The van der Waals surface area contributed by atoms with Gasteiger partial charge in [0.2, 0.25) is 5.95 Å². The molecule has 0 aliphatic carbocycles. The van der Waals surface area contributed by atoms with Crippen molar-refractivity contribution < 1.29 is 4.39 Å². The van der Waals surface area contributed by atoms with Crippen LogP contribution in [0.1, 0.15) is 33.6 Å². The highest BCUT2D eigenvalue weighted by Gasteiger charge is 2.06. The third-order valence-corrected chi connectivity index (χ3v) is 1.81. The van der Waals surface area contributed by atoms with Gasteiger partial charge in [0.25, 0.3) is 0 Å². The molecular weight excluding hydrogens is 155 g/mol. The first-order chi connectivity index (χ1) is 5.63. The monoisotopic (exact) mass is 174 g/mol. The van der Waals surface area contributed by atoms with E-state index in [4.69, 9.17) is 5.73 Å². The zero-order valence-electron chi connectivity index (χ0n) is 8.23. The fraction of sp³-hybridized carbons (Fsp3) is 0.778. The average Bonchev–Trinajstić information content (AvgIpc) is 2.03. The van der Waals surface area contributed by atoms with Crippen molar-refractivity contribution in [3.8, 4) is 0 Å². The van der Waals surface area contributed by atoms with Crippen LogP contribution >= 0.6 is 0 Å². The molecule has 0 bridgehead atoms. The first-order valence-corrected chi connectivity index (χ1v) is 4.50. The van der Waals surface area contributed by atoms with Gasteiger partial charge in [-0.3, -0.25) is 0 Å². The summed E-state index contributed by atoms with van der Waals surface area (Å²) in [6.45, 7) is 7.63. The molecular formula is C9H19FN2. The Bertz CT molecular complexity index is 145. The fourth-order valence-electron chi connectivity index (χ4n) is 1.14. The molecule has 0 rings (SSSR count). The zero-order chi connectivity index (χ0) is 9.56. The first kappa shape index (κ1) is 11.3. The summed E-state index contributed by atoms with van der Waals surface area (Å²) in [6, 6.07) is 0. The Morgan fingerprint density at radius 1 is 1.25 bits per heavy atom. The zero-order valence-corrected chi connectivity index (χ0v) is 8.23. The molecule has 0 aliphatic rings. The summed E-state index contributed by atoms with van der Waals surface area (Å²) in [7, 11) is 0. The predicted molar refractivity (Wildman–Crippen MR) is 50.2 cm³/mol. The van der Waals surface area contributed by atoms with Gasteiger partial charge in [0.1, 0.15) is 0 Å². The number of rotatable bonds is 5. The lowest BCUT2D eigenvalue weighted by Gasteiger charge is -2.23. The molecule has 2 nitrogen and oxygen atoms in total. The SMILES string of the molecule is CCCN(CCC)/C(C)=C(\N)F. The molecule has 0 spiro atoms. The molecule has 0 aromatic heterocycles. The molecule has 0 saturated carbocycles.